The molecule has 0 aromatic carbocycles. The van der Waals surface area contributed by atoms with Crippen LogP contribution in [0.15, 0.2) is 12.1 Å². The number of aryl methyl sites for hydroxylation is 2. The molecule has 0 aliphatic carbocycles. The Morgan fingerprint density at radius 1 is 1.29 bits per heavy atom. The van der Waals surface area contributed by atoms with Crippen molar-refractivity contribution in [3.8, 4) is 9.88 Å². The van der Waals surface area contributed by atoms with Crippen LogP contribution in [0.1, 0.15) is 34.1 Å². The van der Waals surface area contributed by atoms with E-state index in [0.29, 0.717) is 17.0 Å². The fourth-order valence-corrected chi connectivity index (χ4v) is 3.54. The summed E-state index contributed by atoms with van der Waals surface area (Å²) in [6, 6.07) is 4.10. The third-order valence-corrected chi connectivity index (χ3v) is 4.93. The first-order chi connectivity index (χ1) is 8.15. The molecule has 2 aromatic heterocycles. The molecule has 0 bridgehead atoms. The smallest absolute Gasteiger partial charge is 0.347 e. The van der Waals surface area contributed by atoms with Gasteiger partial charge in [0.25, 0.3) is 0 Å². The Labute approximate surface area is 108 Å². The number of thiophene rings is 1. The number of hydrogen-bond acceptors (Lipinski definition) is 4. The Kier molecular flexibility index (Phi) is 3.59. The first-order valence-electron chi connectivity index (χ1n) is 5.47. The average molecular weight is 267 g/mol. The molecule has 90 valence electrons. The van der Waals surface area contributed by atoms with Crippen LogP contribution in [0.5, 0.6) is 0 Å². The van der Waals surface area contributed by atoms with Crippen LogP contribution in [0, 0.1) is 0 Å². The molecule has 1 N–H and O–H groups in total. The van der Waals surface area contributed by atoms with E-state index in [1.165, 1.54) is 16.2 Å². The van der Waals surface area contributed by atoms with E-state index in [1.54, 1.807) is 11.3 Å². The maximum atomic E-state index is 11.1. The van der Waals surface area contributed by atoms with Crippen LogP contribution >= 0.6 is 22.7 Å². The second-order valence-electron chi connectivity index (χ2n) is 3.57. The largest absolute Gasteiger partial charge is 0.477 e. The Hall–Kier alpha value is -1.20. The molecular formula is C12H13NO2S2. The molecule has 0 spiro atoms. The number of aromatic nitrogens is 1. The zero-order valence-corrected chi connectivity index (χ0v) is 11.3. The quantitative estimate of drug-likeness (QED) is 0.919. The van der Waals surface area contributed by atoms with Crippen molar-refractivity contribution in [2.24, 2.45) is 0 Å². The summed E-state index contributed by atoms with van der Waals surface area (Å²) in [6.45, 7) is 4.04. The van der Waals surface area contributed by atoms with Crippen molar-refractivity contribution in [2.75, 3.05) is 0 Å². The summed E-state index contributed by atoms with van der Waals surface area (Å²) in [6.07, 6.45) is 1.66. The van der Waals surface area contributed by atoms with Crippen molar-refractivity contribution >= 4 is 28.6 Å². The van der Waals surface area contributed by atoms with Gasteiger partial charge in [0, 0.05) is 4.88 Å². The fourth-order valence-electron chi connectivity index (χ4n) is 1.55. The molecule has 0 fully saturated rings. The van der Waals surface area contributed by atoms with Crippen molar-refractivity contribution in [1.29, 1.82) is 0 Å². The summed E-state index contributed by atoms with van der Waals surface area (Å²) in [4.78, 5) is 18.2. The van der Waals surface area contributed by atoms with E-state index in [-0.39, 0.29) is 0 Å². The minimum Gasteiger partial charge on any atom is -0.477 e. The molecule has 2 heterocycles. The minimum absolute atomic E-state index is 0.369. The maximum Gasteiger partial charge on any atom is 0.347 e. The molecule has 2 rings (SSSR count). The molecule has 5 heteroatoms. The number of aromatic carboxylic acids is 1. The van der Waals surface area contributed by atoms with E-state index in [4.69, 9.17) is 5.11 Å². The standard InChI is InChI=1S/C12H13NO2S2/c1-3-7-5-6-9(16-7)11-13-8(4-2)10(17-11)12(14)15/h5-6H,3-4H2,1-2H3,(H,14,15). The molecule has 0 amide bonds. The van der Waals surface area contributed by atoms with Crippen LogP contribution in [0.4, 0.5) is 0 Å². The lowest BCUT2D eigenvalue weighted by Crippen LogP contribution is -1.97. The van der Waals surface area contributed by atoms with Gasteiger partial charge in [0.1, 0.15) is 9.88 Å². The molecular weight excluding hydrogens is 254 g/mol. The zero-order chi connectivity index (χ0) is 12.4. The van der Waals surface area contributed by atoms with E-state index in [2.05, 4.69) is 18.0 Å². The summed E-state index contributed by atoms with van der Waals surface area (Å²) < 4.78 is 0. The molecule has 0 saturated carbocycles. The van der Waals surface area contributed by atoms with Gasteiger partial charge >= 0.3 is 5.97 Å². The van der Waals surface area contributed by atoms with Gasteiger partial charge in [0.05, 0.1) is 10.6 Å². The number of carbonyl (C=O) groups is 1. The first-order valence-corrected chi connectivity index (χ1v) is 7.11. The van der Waals surface area contributed by atoms with Gasteiger partial charge in [-0.3, -0.25) is 0 Å². The highest BCUT2D eigenvalue weighted by Crippen LogP contribution is 2.33. The monoisotopic (exact) mass is 267 g/mol. The number of carboxylic acid groups (broad SMARTS) is 1. The predicted molar refractivity (Wildman–Crippen MR) is 71.1 cm³/mol. The number of nitrogens with zero attached hydrogens (tertiary/aromatic N) is 1. The molecule has 3 nitrogen and oxygen atoms in total. The normalized spacial score (nSPS) is 10.7. The highest BCUT2D eigenvalue weighted by Gasteiger charge is 2.17. The zero-order valence-electron chi connectivity index (χ0n) is 9.69. The Morgan fingerprint density at radius 3 is 2.53 bits per heavy atom. The summed E-state index contributed by atoms with van der Waals surface area (Å²) in [5.74, 6) is -0.877. The lowest BCUT2D eigenvalue weighted by atomic mass is 10.3. The van der Waals surface area contributed by atoms with Gasteiger partial charge in [0.15, 0.2) is 0 Å². The minimum atomic E-state index is -0.877. The summed E-state index contributed by atoms with van der Waals surface area (Å²) >= 11 is 2.95. The van der Waals surface area contributed by atoms with Gasteiger partial charge in [-0.15, -0.1) is 22.7 Å². The average Bonchev–Trinajstić information content (AvgIpc) is 2.94. The maximum absolute atomic E-state index is 11.1. The second-order valence-corrected chi connectivity index (χ2v) is 5.74. The van der Waals surface area contributed by atoms with Crippen molar-refractivity contribution in [3.05, 3.63) is 27.6 Å². The first kappa shape index (κ1) is 12.3. The van der Waals surface area contributed by atoms with Gasteiger partial charge in [-0.1, -0.05) is 13.8 Å². The Bertz CT molecular complexity index is 542. The van der Waals surface area contributed by atoms with Gasteiger partial charge in [-0.25, -0.2) is 9.78 Å². The van der Waals surface area contributed by atoms with Crippen LogP contribution in [-0.4, -0.2) is 16.1 Å². The van der Waals surface area contributed by atoms with E-state index < -0.39 is 5.97 Å². The van der Waals surface area contributed by atoms with Crippen molar-refractivity contribution in [1.82, 2.24) is 4.98 Å². The topological polar surface area (TPSA) is 50.2 Å². The number of rotatable bonds is 4. The van der Waals surface area contributed by atoms with Crippen molar-refractivity contribution in [2.45, 2.75) is 26.7 Å². The molecule has 0 radical (unpaired) electrons. The van der Waals surface area contributed by atoms with Gasteiger partial charge in [-0.05, 0) is 25.0 Å². The van der Waals surface area contributed by atoms with E-state index >= 15 is 0 Å². The van der Waals surface area contributed by atoms with Gasteiger partial charge in [-0.2, -0.15) is 0 Å². The van der Waals surface area contributed by atoms with E-state index in [1.807, 2.05) is 13.0 Å². The van der Waals surface area contributed by atoms with Crippen LogP contribution in [0.3, 0.4) is 0 Å². The molecule has 0 aliphatic heterocycles. The highest BCUT2D eigenvalue weighted by atomic mass is 32.1. The molecule has 0 atom stereocenters. The van der Waals surface area contributed by atoms with E-state index in [0.717, 1.165) is 16.3 Å². The third-order valence-electron chi connectivity index (χ3n) is 2.45. The van der Waals surface area contributed by atoms with Crippen molar-refractivity contribution in [3.63, 3.8) is 0 Å². The lowest BCUT2D eigenvalue weighted by molar-refractivity contribution is 0.0701. The Balaban J connectivity index is 2.42. The third kappa shape index (κ3) is 2.40. The number of hydrogen-bond donors (Lipinski definition) is 1. The van der Waals surface area contributed by atoms with Crippen LogP contribution in [-0.2, 0) is 12.8 Å². The molecule has 17 heavy (non-hydrogen) atoms. The molecule has 0 saturated heterocycles. The van der Waals surface area contributed by atoms with Crippen LogP contribution in [0.2, 0.25) is 0 Å². The Morgan fingerprint density at radius 2 is 2.06 bits per heavy atom. The van der Waals surface area contributed by atoms with Crippen LogP contribution < -0.4 is 0 Å². The number of carboxylic acids is 1. The summed E-state index contributed by atoms with van der Waals surface area (Å²) in [5.41, 5.74) is 0.684. The molecule has 0 unspecified atom stereocenters. The van der Waals surface area contributed by atoms with Crippen LogP contribution in [0.25, 0.3) is 9.88 Å². The second kappa shape index (κ2) is 4.98. The predicted octanol–water partition coefficient (Wildman–Crippen LogP) is 3.69. The number of thiazole rings is 1. The highest BCUT2D eigenvalue weighted by molar-refractivity contribution is 7.22. The summed E-state index contributed by atoms with van der Waals surface area (Å²) in [5, 5.41) is 9.91. The molecule has 2 aromatic rings. The SMILES string of the molecule is CCc1ccc(-c2nc(CC)c(C(=O)O)s2)s1. The van der Waals surface area contributed by atoms with Gasteiger partial charge in [0.2, 0.25) is 0 Å². The van der Waals surface area contributed by atoms with Gasteiger partial charge < -0.3 is 5.11 Å². The van der Waals surface area contributed by atoms with E-state index in [9.17, 15) is 4.79 Å². The lowest BCUT2D eigenvalue weighted by Gasteiger charge is -1.89. The molecule has 0 aliphatic rings. The fraction of sp³-hybridized carbons (Fsp3) is 0.333. The summed E-state index contributed by atoms with van der Waals surface area (Å²) in [7, 11) is 0. The van der Waals surface area contributed by atoms with Crippen molar-refractivity contribution < 1.29 is 9.90 Å².